The molecule has 8 aromatic carbocycles. The number of aromatic nitrogens is 5. The van der Waals surface area contributed by atoms with Crippen molar-refractivity contribution in [2.45, 2.75) is 13.8 Å². The molecule has 0 atom stereocenters. The van der Waals surface area contributed by atoms with Gasteiger partial charge in [0, 0.05) is 38.2 Å². The molecule has 0 radical (unpaired) electrons. The molecular formula is C55H35N7. The second kappa shape index (κ2) is 14.6. The van der Waals surface area contributed by atoms with E-state index in [0.29, 0.717) is 34.2 Å². The first-order valence-corrected chi connectivity index (χ1v) is 20.5. The average molecular weight is 794 g/mol. The summed E-state index contributed by atoms with van der Waals surface area (Å²) < 4.78 is 4.53. The molecule has 11 rings (SSSR count). The minimum atomic E-state index is 0.432. The van der Waals surface area contributed by atoms with Crippen molar-refractivity contribution < 1.29 is 0 Å². The van der Waals surface area contributed by atoms with Crippen molar-refractivity contribution in [3.8, 4) is 68.8 Å². The van der Waals surface area contributed by atoms with E-state index in [1.807, 2.05) is 78.9 Å². The Morgan fingerprint density at radius 2 is 0.952 bits per heavy atom. The molecule has 0 bridgehead atoms. The fourth-order valence-corrected chi connectivity index (χ4v) is 8.91. The zero-order valence-corrected chi connectivity index (χ0v) is 33.9. The molecule has 0 fully saturated rings. The Hall–Kier alpha value is -8.65. The Balaban J connectivity index is 1.23. The van der Waals surface area contributed by atoms with Gasteiger partial charge in [-0.15, -0.1) is 0 Å². The van der Waals surface area contributed by atoms with Gasteiger partial charge < -0.3 is 9.13 Å². The smallest absolute Gasteiger partial charge is 0.166 e. The minimum Gasteiger partial charge on any atom is -0.309 e. The third-order valence-corrected chi connectivity index (χ3v) is 11.8. The van der Waals surface area contributed by atoms with Crippen molar-refractivity contribution in [1.29, 1.82) is 10.5 Å². The van der Waals surface area contributed by atoms with E-state index in [-0.39, 0.29) is 0 Å². The van der Waals surface area contributed by atoms with E-state index >= 15 is 0 Å². The molecular weight excluding hydrogens is 759 g/mol. The summed E-state index contributed by atoms with van der Waals surface area (Å²) in [5, 5.41) is 25.1. The first kappa shape index (κ1) is 36.4. The maximum absolute atomic E-state index is 10.3. The van der Waals surface area contributed by atoms with Crippen LogP contribution in [-0.4, -0.2) is 24.1 Å². The van der Waals surface area contributed by atoms with Gasteiger partial charge in [-0.25, -0.2) is 15.0 Å². The fraction of sp³-hybridized carbons (Fsp3) is 0.0364. The van der Waals surface area contributed by atoms with Crippen LogP contribution in [0, 0.1) is 36.5 Å². The maximum Gasteiger partial charge on any atom is 0.166 e. The second-order valence-corrected chi connectivity index (χ2v) is 15.7. The van der Waals surface area contributed by atoms with Crippen LogP contribution in [0.4, 0.5) is 0 Å². The molecule has 0 spiro atoms. The van der Waals surface area contributed by atoms with Crippen LogP contribution in [0.3, 0.4) is 0 Å². The van der Waals surface area contributed by atoms with Crippen molar-refractivity contribution >= 4 is 43.6 Å². The lowest BCUT2D eigenvalue weighted by Gasteiger charge is -2.18. The lowest BCUT2D eigenvalue weighted by atomic mass is 9.97. The molecule has 0 saturated heterocycles. The number of nitrogens with zero attached hydrogens (tertiary/aromatic N) is 7. The predicted octanol–water partition coefficient (Wildman–Crippen LogP) is 13.1. The van der Waals surface area contributed by atoms with Crippen molar-refractivity contribution in [3.63, 3.8) is 0 Å². The van der Waals surface area contributed by atoms with Crippen LogP contribution in [0.1, 0.15) is 22.3 Å². The Morgan fingerprint density at radius 1 is 0.387 bits per heavy atom. The van der Waals surface area contributed by atoms with Gasteiger partial charge in [-0.05, 0) is 97.8 Å². The van der Waals surface area contributed by atoms with Gasteiger partial charge in [0.15, 0.2) is 17.5 Å². The summed E-state index contributed by atoms with van der Waals surface area (Å²) in [5.41, 5.74) is 13.3. The molecule has 7 nitrogen and oxygen atoms in total. The van der Waals surface area contributed by atoms with E-state index in [1.165, 1.54) is 11.1 Å². The summed E-state index contributed by atoms with van der Waals surface area (Å²) in [6, 6.07) is 64.3. The van der Waals surface area contributed by atoms with Crippen molar-refractivity contribution in [1.82, 2.24) is 24.1 Å². The maximum atomic E-state index is 10.3. The van der Waals surface area contributed by atoms with Gasteiger partial charge in [-0.2, -0.15) is 10.5 Å². The molecule has 0 aliphatic rings. The Bertz CT molecular complexity index is 3690. The Labute approximate surface area is 357 Å². The molecule has 0 amide bonds. The van der Waals surface area contributed by atoms with E-state index in [1.54, 1.807) is 0 Å². The van der Waals surface area contributed by atoms with Crippen molar-refractivity contribution in [2.75, 3.05) is 0 Å². The summed E-state index contributed by atoms with van der Waals surface area (Å²) in [6.07, 6.45) is 0. The van der Waals surface area contributed by atoms with Crippen LogP contribution >= 0.6 is 0 Å². The highest BCUT2D eigenvalue weighted by Gasteiger charge is 2.23. The molecule has 0 N–H and O–H groups in total. The fourth-order valence-electron chi connectivity index (χ4n) is 8.91. The molecule has 290 valence electrons. The molecule has 3 aromatic heterocycles. The number of fused-ring (bicyclic) bond motifs is 6. The minimum absolute atomic E-state index is 0.432. The summed E-state index contributed by atoms with van der Waals surface area (Å²) in [6.45, 7) is 4.23. The van der Waals surface area contributed by atoms with E-state index in [9.17, 15) is 10.5 Å². The van der Waals surface area contributed by atoms with Gasteiger partial charge in [0.05, 0.1) is 56.7 Å². The van der Waals surface area contributed by atoms with Crippen LogP contribution in [0.2, 0.25) is 0 Å². The molecule has 3 heterocycles. The molecule has 0 aliphatic heterocycles. The van der Waals surface area contributed by atoms with Crippen LogP contribution in [-0.2, 0) is 0 Å². The van der Waals surface area contributed by atoms with E-state index in [4.69, 9.17) is 15.0 Å². The van der Waals surface area contributed by atoms with Crippen molar-refractivity contribution in [2.24, 2.45) is 0 Å². The largest absolute Gasteiger partial charge is 0.309 e. The molecule has 11 aromatic rings. The Kier molecular flexibility index (Phi) is 8.56. The Morgan fingerprint density at radius 3 is 1.61 bits per heavy atom. The molecule has 0 unspecified atom stereocenters. The van der Waals surface area contributed by atoms with Gasteiger partial charge in [0.2, 0.25) is 0 Å². The van der Waals surface area contributed by atoms with E-state index in [0.717, 1.165) is 77.2 Å². The highest BCUT2D eigenvalue weighted by molar-refractivity contribution is 6.11. The lowest BCUT2D eigenvalue weighted by Crippen LogP contribution is -2.06. The van der Waals surface area contributed by atoms with Gasteiger partial charge in [-0.3, -0.25) is 0 Å². The monoisotopic (exact) mass is 793 g/mol. The third-order valence-electron chi connectivity index (χ3n) is 11.8. The van der Waals surface area contributed by atoms with Gasteiger partial charge in [0.25, 0.3) is 0 Å². The third kappa shape index (κ3) is 5.92. The number of benzene rings is 8. The van der Waals surface area contributed by atoms with Crippen LogP contribution in [0.5, 0.6) is 0 Å². The number of hydrogen-bond donors (Lipinski definition) is 0. The van der Waals surface area contributed by atoms with Gasteiger partial charge in [0.1, 0.15) is 0 Å². The summed E-state index contributed by atoms with van der Waals surface area (Å²) >= 11 is 0. The normalized spacial score (nSPS) is 11.4. The van der Waals surface area contributed by atoms with E-state index in [2.05, 4.69) is 132 Å². The highest BCUT2D eigenvalue weighted by atomic mass is 15.1. The lowest BCUT2D eigenvalue weighted by molar-refractivity contribution is 1.06. The molecule has 0 saturated carbocycles. The van der Waals surface area contributed by atoms with Crippen LogP contribution < -0.4 is 0 Å². The first-order valence-electron chi connectivity index (χ1n) is 20.5. The van der Waals surface area contributed by atoms with Crippen LogP contribution in [0.15, 0.2) is 176 Å². The summed E-state index contributed by atoms with van der Waals surface area (Å²) in [4.78, 5) is 15.9. The average Bonchev–Trinajstić information content (AvgIpc) is 3.83. The topological polar surface area (TPSA) is 96.1 Å². The van der Waals surface area contributed by atoms with Crippen molar-refractivity contribution in [3.05, 3.63) is 198 Å². The quantitative estimate of drug-likeness (QED) is 0.167. The first-order chi connectivity index (χ1) is 30.5. The number of aryl methyl sites for hydroxylation is 2. The SMILES string of the molecule is Cc1ccc2c(c1)c1ccccc1n2-c1ccc(C#N)cc1-c1nc(-c2ccccc2)nc(-c2ccc(-c3ccccc3C#N)cc2-n2c3ccccc3c3cc(C)ccc32)n1. The van der Waals surface area contributed by atoms with E-state index < -0.39 is 0 Å². The second-order valence-electron chi connectivity index (χ2n) is 15.7. The molecule has 7 heteroatoms. The zero-order chi connectivity index (χ0) is 41.9. The summed E-state index contributed by atoms with van der Waals surface area (Å²) in [7, 11) is 0. The van der Waals surface area contributed by atoms with Gasteiger partial charge in [-0.1, -0.05) is 114 Å². The van der Waals surface area contributed by atoms with Gasteiger partial charge >= 0.3 is 0 Å². The number of rotatable bonds is 6. The summed E-state index contributed by atoms with van der Waals surface area (Å²) in [5.74, 6) is 1.40. The number of para-hydroxylation sites is 2. The number of hydrogen-bond acceptors (Lipinski definition) is 5. The predicted molar refractivity (Wildman–Crippen MR) is 249 cm³/mol. The number of nitriles is 2. The highest BCUT2D eigenvalue weighted by Crippen LogP contribution is 2.41. The molecule has 0 aliphatic carbocycles. The van der Waals surface area contributed by atoms with Crippen LogP contribution in [0.25, 0.3) is 100 Å². The zero-order valence-electron chi connectivity index (χ0n) is 33.9. The molecule has 62 heavy (non-hydrogen) atoms. The standard InChI is InChI=1S/C55H35N7/c1-34-20-25-49-44(28-34)41-16-8-10-18-47(41)61(49)51-27-22-36(32-56)30-46(51)55-59-53(37-12-4-3-5-13-37)58-54(60-55)43-24-23-38(40-15-7-6-14-39(40)33-57)31-52(43)62-48-19-11-9-17-42(48)45-29-35(2)21-26-50(45)62/h3-31H,1-2H3.